The van der Waals surface area contributed by atoms with Gasteiger partial charge in [-0.25, -0.2) is 8.42 Å². The van der Waals surface area contributed by atoms with Crippen molar-refractivity contribution >= 4 is 44.8 Å². The van der Waals surface area contributed by atoms with Crippen molar-refractivity contribution in [2.45, 2.75) is 31.1 Å². The fourth-order valence-corrected chi connectivity index (χ4v) is 5.26. The molecule has 1 aliphatic rings. The van der Waals surface area contributed by atoms with Crippen LogP contribution in [0.4, 0.5) is 11.4 Å². The molecule has 9 heteroatoms. The topological polar surface area (TPSA) is 95.6 Å². The summed E-state index contributed by atoms with van der Waals surface area (Å²) in [6.45, 7) is 3.28. The van der Waals surface area contributed by atoms with Crippen LogP contribution in [0, 0.1) is 6.92 Å². The standard InChI is InChI=1S/C26H26ClN3O4S/c1-18-9-12-20(13-10-18)35(33,34)29-24-14-11-19(17-22(24)27)25(31)28-23-8-4-3-7-21(23)26(32)30-15-5-2-6-16-30/h3-4,7-14,17,29H,2,5-6,15-16H2,1H3,(H,28,31). The Balaban J connectivity index is 1.50. The van der Waals surface area contributed by atoms with Crippen LogP contribution in [0.15, 0.2) is 71.6 Å². The van der Waals surface area contributed by atoms with Gasteiger partial charge in [0.2, 0.25) is 0 Å². The van der Waals surface area contributed by atoms with Crippen LogP contribution >= 0.6 is 11.6 Å². The van der Waals surface area contributed by atoms with E-state index in [-0.39, 0.29) is 27.1 Å². The van der Waals surface area contributed by atoms with Crippen molar-refractivity contribution in [1.29, 1.82) is 0 Å². The molecular weight excluding hydrogens is 486 g/mol. The number of benzene rings is 3. The third kappa shape index (κ3) is 5.83. The van der Waals surface area contributed by atoms with Crippen LogP contribution in [0.25, 0.3) is 0 Å². The Kier molecular flexibility index (Phi) is 7.42. The Bertz CT molecular complexity index is 1350. The number of piperidine rings is 1. The number of anilines is 2. The van der Waals surface area contributed by atoms with Gasteiger partial charge in [-0.1, -0.05) is 41.4 Å². The molecule has 1 heterocycles. The van der Waals surface area contributed by atoms with E-state index in [0.29, 0.717) is 24.3 Å². The predicted octanol–water partition coefficient (Wildman–Crippen LogP) is 5.33. The number of halogens is 1. The fourth-order valence-electron chi connectivity index (χ4n) is 3.90. The summed E-state index contributed by atoms with van der Waals surface area (Å²) in [5, 5.41) is 2.86. The SMILES string of the molecule is Cc1ccc(S(=O)(=O)Nc2ccc(C(=O)Nc3ccccc3C(=O)N3CCCCC3)cc2Cl)cc1. The Labute approximate surface area is 210 Å². The van der Waals surface area contributed by atoms with Gasteiger partial charge in [-0.2, -0.15) is 0 Å². The van der Waals surface area contributed by atoms with E-state index >= 15 is 0 Å². The lowest BCUT2D eigenvalue weighted by Gasteiger charge is -2.27. The number of nitrogens with one attached hydrogen (secondary N) is 2. The van der Waals surface area contributed by atoms with Gasteiger partial charge in [-0.3, -0.25) is 14.3 Å². The van der Waals surface area contributed by atoms with Gasteiger partial charge >= 0.3 is 0 Å². The van der Waals surface area contributed by atoms with Crippen molar-refractivity contribution in [3.05, 3.63) is 88.4 Å². The maximum absolute atomic E-state index is 13.0. The second-order valence-corrected chi connectivity index (χ2v) is 10.6. The molecule has 0 bridgehead atoms. The molecule has 0 unspecified atom stereocenters. The lowest BCUT2D eigenvalue weighted by atomic mass is 10.1. The fraction of sp³-hybridized carbons (Fsp3) is 0.231. The summed E-state index contributed by atoms with van der Waals surface area (Å²) >= 11 is 6.31. The minimum atomic E-state index is -3.84. The van der Waals surface area contributed by atoms with E-state index in [4.69, 9.17) is 11.6 Å². The van der Waals surface area contributed by atoms with Gasteiger partial charge in [0.05, 0.1) is 26.9 Å². The Morgan fingerprint density at radius 1 is 0.886 bits per heavy atom. The zero-order valence-corrected chi connectivity index (χ0v) is 20.8. The largest absolute Gasteiger partial charge is 0.339 e. The summed E-state index contributed by atoms with van der Waals surface area (Å²) in [6.07, 6.45) is 3.05. The van der Waals surface area contributed by atoms with Crippen LogP contribution < -0.4 is 10.0 Å². The number of sulfonamides is 1. The molecule has 0 spiro atoms. The van der Waals surface area contributed by atoms with Gasteiger partial charge in [0.15, 0.2) is 0 Å². The molecule has 3 aromatic carbocycles. The summed E-state index contributed by atoms with van der Waals surface area (Å²) in [7, 11) is -3.84. The highest BCUT2D eigenvalue weighted by molar-refractivity contribution is 7.92. The van der Waals surface area contributed by atoms with Crippen molar-refractivity contribution in [1.82, 2.24) is 4.90 Å². The lowest BCUT2D eigenvalue weighted by Crippen LogP contribution is -2.36. The molecule has 1 fully saturated rings. The third-order valence-electron chi connectivity index (χ3n) is 5.86. The number of nitrogens with zero attached hydrogens (tertiary/aromatic N) is 1. The van der Waals surface area contributed by atoms with Crippen molar-refractivity contribution in [3.8, 4) is 0 Å². The molecule has 1 aliphatic heterocycles. The molecule has 2 amide bonds. The van der Waals surface area contributed by atoms with Gasteiger partial charge in [0, 0.05) is 18.7 Å². The maximum atomic E-state index is 13.0. The summed E-state index contributed by atoms with van der Waals surface area (Å²) < 4.78 is 27.8. The van der Waals surface area contributed by atoms with E-state index < -0.39 is 15.9 Å². The first-order valence-electron chi connectivity index (χ1n) is 11.3. The molecule has 2 N–H and O–H groups in total. The quantitative estimate of drug-likeness (QED) is 0.467. The number of amides is 2. The Hall–Kier alpha value is -3.36. The van der Waals surface area contributed by atoms with E-state index in [9.17, 15) is 18.0 Å². The first-order valence-corrected chi connectivity index (χ1v) is 13.2. The number of hydrogen-bond acceptors (Lipinski definition) is 4. The monoisotopic (exact) mass is 511 g/mol. The second-order valence-electron chi connectivity index (χ2n) is 8.47. The van der Waals surface area contributed by atoms with Gasteiger partial charge in [0.25, 0.3) is 21.8 Å². The Morgan fingerprint density at radius 2 is 1.57 bits per heavy atom. The zero-order valence-electron chi connectivity index (χ0n) is 19.3. The van der Waals surface area contributed by atoms with Crippen LogP contribution in [0.2, 0.25) is 5.02 Å². The lowest BCUT2D eigenvalue weighted by molar-refractivity contribution is 0.0725. The first-order chi connectivity index (χ1) is 16.7. The van der Waals surface area contributed by atoms with Gasteiger partial charge < -0.3 is 10.2 Å². The molecule has 182 valence electrons. The normalized spacial score (nSPS) is 13.8. The minimum absolute atomic E-state index is 0.0750. The highest BCUT2D eigenvalue weighted by Gasteiger charge is 2.22. The van der Waals surface area contributed by atoms with Gasteiger partial charge in [0.1, 0.15) is 0 Å². The highest BCUT2D eigenvalue weighted by atomic mass is 35.5. The molecule has 3 aromatic rings. The summed E-state index contributed by atoms with van der Waals surface area (Å²) in [6, 6.07) is 17.6. The van der Waals surface area contributed by atoms with Crippen LogP contribution in [0.1, 0.15) is 45.5 Å². The van der Waals surface area contributed by atoms with E-state index in [1.165, 1.54) is 30.3 Å². The third-order valence-corrected chi connectivity index (χ3v) is 7.55. The summed E-state index contributed by atoms with van der Waals surface area (Å²) in [4.78, 5) is 27.8. The molecule has 4 rings (SSSR count). The smallest absolute Gasteiger partial charge is 0.261 e. The predicted molar refractivity (Wildman–Crippen MR) is 138 cm³/mol. The Morgan fingerprint density at radius 3 is 2.26 bits per heavy atom. The van der Waals surface area contributed by atoms with E-state index in [0.717, 1.165) is 24.8 Å². The number of aryl methyl sites for hydroxylation is 1. The molecule has 1 saturated heterocycles. The van der Waals surface area contributed by atoms with Crippen LogP contribution in [-0.4, -0.2) is 38.2 Å². The molecule has 0 aliphatic carbocycles. The average molecular weight is 512 g/mol. The zero-order chi connectivity index (χ0) is 25.0. The van der Waals surface area contributed by atoms with Crippen LogP contribution in [0.5, 0.6) is 0 Å². The number of likely N-dealkylation sites (tertiary alicyclic amines) is 1. The summed E-state index contributed by atoms with van der Waals surface area (Å²) in [5.41, 5.74) is 2.17. The number of para-hydroxylation sites is 1. The van der Waals surface area contributed by atoms with Crippen molar-refractivity contribution < 1.29 is 18.0 Å². The van der Waals surface area contributed by atoms with Crippen molar-refractivity contribution in [2.24, 2.45) is 0 Å². The minimum Gasteiger partial charge on any atom is -0.339 e. The number of carbonyl (C=O) groups excluding carboxylic acids is 2. The number of hydrogen-bond donors (Lipinski definition) is 2. The molecule has 35 heavy (non-hydrogen) atoms. The number of carbonyl (C=O) groups is 2. The molecule has 0 saturated carbocycles. The van der Waals surface area contributed by atoms with Crippen LogP contribution in [0.3, 0.4) is 0 Å². The van der Waals surface area contributed by atoms with Crippen molar-refractivity contribution in [3.63, 3.8) is 0 Å². The van der Waals surface area contributed by atoms with Gasteiger partial charge in [-0.15, -0.1) is 0 Å². The van der Waals surface area contributed by atoms with E-state index in [2.05, 4.69) is 10.0 Å². The molecule has 7 nitrogen and oxygen atoms in total. The van der Waals surface area contributed by atoms with E-state index in [1.807, 2.05) is 6.92 Å². The van der Waals surface area contributed by atoms with Gasteiger partial charge in [-0.05, 0) is 68.7 Å². The molecule has 0 radical (unpaired) electrons. The van der Waals surface area contributed by atoms with E-state index in [1.54, 1.807) is 41.3 Å². The average Bonchev–Trinajstić information content (AvgIpc) is 2.86. The number of rotatable bonds is 6. The molecule has 0 atom stereocenters. The highest BCUT2D eigenvalue weighted by Crippen LogP contribution is 2.27. The van der Waals surface area contributed by atoms with Crippen LogP contribution in [-0.2, 0) is 10.0 Å². The summed E-state index contributed by atoms with van der Waals surface area (Å²) in [5.74, 6) is -0.571. The molecule has 0 aromatic heterocycles. The second kappa shape index (κ2) is 10.5. The maximum Gasteiger partial charge on any atom is 0.261 e. The first kappa shape index (κ1) is 24.8. The molecular formula is C26H26ClN3O4S. The van der Waals surface area contributed by atoms with Crippen molar-refractivity contribution in [2.75, 3.05) is 23.1 Å².